The number of hydrogen-bond donors (Lipinski definition) is 2. The second-order valence-corrected chi connectivity index (χ2v) is 6.18. The number of nitrogens with zero attached hydrogens (tertiary/aromatic N) is 1. The summed E-state index contributed by atoms with van der Waals surface area (Å²) >= 11 is 3.55. The highest BCUT2D eigenvalue weighted by Crippen LogP contribution is 2.32. The first-order valence-electron chi connectivity index (χ1n) is 7.07. The zero-order valence-electron chi connectivity index (χ0n) is 11.7. The van der Waals surface area contributed by atoms with Gasteiger partial charge in [-0.15, -0.1) is 0 Å². The third-order valence-electron chi connectivity index (χ3n) is 3.66. The summed E-state index contributed by atoms with van der Waals surface area (Å²) in [6, 6.07) is 6.77. The minimum Gasteiger partial charge on any atom is -0.391 e. The summed E-state index contributed by atoms with van der Waals surface area (Å²) in [5.41, 5.74) is 2.55. The average molecular weight is 327 g/mol. The van der Waals surface area contributed by atoms with Crippen molar-refractivity contribution in [3.63, 3.8) is 0 Å². The summed E-state index contributed by atoms with van der Waals surface area (Å²) in [7, 11) is 0. The molecule has 1 aliphatic rings. The van der Waals surface area contributed by atoms with Crippen LogP contribution in [0, 0.1) is 0 Å². The van der Waals surface area contributed by atoms with E-state index in [0.29, 0.717) is 6.04 Å². The molecular formula is C15H23BrN2O. The number of nitrogens with one attached hydrogen (secondary N) is 1. The van der Waals surface area contributed by atoms with Crippen molar-refractivity contribution < 1.29 is 5.11 Å². The van der Waals surface area contributed by atoms with Gasteiger partial charge in [0.05, 0.1) is 6.10 Å². The number of aliphatic hydroxyl groups excluding tert-OH is 1. The van der Waals surface area contributed by atoms with E-state index in [9.17, 15) is 5.11 Å². The van der Waals surface area contributed by atoms with Crippen LogP contribution in [0.4, 0.5) is 5.69 Å². The van der Waals surface area contributed by atoms with E-state index in [0.717, 1.165) is 36.9 Å². The van der Waals surface area contributed by atoms with Crippen LogP contribution in [0.2, 0.25) is 0 Å². The summed E-state index contributed by atoms with van der Waals surface area (Å²) in [5.74, 6) is 0. The van der Waals surface area contributed by atoms with Crippen molar-refractivity contribution >= 4 is 21.6 Å². The van der Waals surface area contributed by atoms with Crippen LogP contribution in [0.5, 0.6) is 0 Å². The quantitative estimate of drug-likeness (QED) is 0.872. The SMILES string of the molecule is CCCNC(C)c1ccc(Br)cc1N1CCC(O)C1. The second-order valence-electron chi connectivity index (χ2n) is 5.27. The van der Waals surface area contributed by atoms with Gasteiger partial charge in [-0.05, 0) is 44.0 Å². The lowest BCUT2D eigenvalue weighted by molar-refractivity contribution is 0.198. The smallest absolute Gasteiger partial charge is 0.0731 e. The summed E-state index contributed by atoms with van der Waals surface area (Å²) in [6.07, 6.45) is 1.81. The third kappa shape index (κ3) is 3.71. The van der Waals surface area contributed by atoms with Crippen molar-refractivity contribution in [1.82, 2.24) is 5.32 Å². The molecule has 1 saturated heterocycles. The van der Waals surface area contributed by atoms with E-state index in [2.05, 4.69) is 58.2 Å². The Morgan fingerprint density at radius 1 is 1.53 bits per heavy atom. The van der Waals surface area contributed by atoms with Gasteiger partial charge in [-0.1, -0.05) is 28.9 Å². The number of benzene rings is 1. The van der Waals surface area contributed by atoms with E-state index < -0.39 is 0 Å². The normalized spacial score (nSPS) is 20.8. The lowest BCUT2D eigenvalue weighted by Gasteiger charge is -2.25. The molecule has 1 aliphatic heterocycles. The molecule has 0 aliphatic carbocycles. The van der Waals surface area contributed by atoms with Crippen LogP contribution in [0.15, 0.2) is 22.7 Å². The van der Waals surface area contributed by atoms with E-state index in [1.54, 1.807) is 0 Å². The van der Waals surface area contributed by atoms with Crippen LogP contribution >= 0.6 is 15.9 Å². The van der Waals surface area contributed by atoms with Crippen molar-refractivity contribution in [2.24, 2.45) is 0 Å². The van der Waals surface area contributed by atoms with Gasteiger partial charge >= 0.3 is 0 Å². The molecule has 0 saturated carbocycles. The molecule has 106 valence electrons. The highest BCUT2D eigenvalue weighted by atomic mass is 79.9. The Kier molecular flexibility index (Phi) is 5.25. The van der Waals surface area contributed by atoms with Gasteiger partial charge in [-0.2, -0.15) is 0 Å². The second kappa shape index (κ2) is 6.73. The lowest BCUT2D eigenvalue weighted by Crippen LogP contribution is -2.26. The molecule has 1 aromatic carbocycles. The first kappa shape index (κ1) is 14.8. The number of rotatable bonds is 5. The van der Waals surface area contributed by atoms with Crippen molar-refractivity contribution in [1.29, 1.82) is 0 Å². The Balaban J connectivity index is 2.22. The predicted molar refractivity (Wildman–Crippen MR) is 83.7 cm³/mol. The molecule has 2 atom stereocenters. The van der Waals surface area contributed by atoms with E-state index in [4.69, 9.17) is 0 Å². The fraction of sp³-hybridized carbons (Fsp3) is 0.600. The van der Waals surface area contributed by atoms with Crippen LogP contribution < -0.4 is 10.2 Å². The number of halogens is 1. The molecule has 0 amide bonds. The van der Waals surface area contributed by atoms with Gasteiger partial charge in [0.15, 0.2) is 0 Å². The van der Waals surface area contributed by atoms with E-state index in [1.807, 2.05) is 0 Å². The molecule has 19 heavy (non-hydrogen) atoms. The molecule has 1 fully saturated rings. The minimum absolute atomic E-state index is 0.189. The van der Waals surface area contributed by atoms with Crippen molar-refractivity contribution in [2.75, 3.05) is 24.5 Å². The predicted octanol–water partition coefficient (Wildman–Crippen LogP) is 3.08. The maximum absolute atomic E-state index is 9.73. The summed E-state index contributed by atoms with van der Waals surface area (Å²) in [5, 5.41) is 13.3. The molecule has 0 aromatic heterocycles. The Morgan fingerprint density at radius 3 is 2.95 bits per heavy atom. The average Bonchev–Trinajstić information content (AvgIpc) is 2.82. The number of aliphatic hydroxyl groups is 1. The fourth-order valence-corrected chi connectivity index (χ4v) is 2.94. The van der Waals surface area contributed by atoms with Gasteiger partial charge in [0.1, 0.15) is 0 Å². The van der Waals surface area contributed by atoms with Gasteiger partial charge in [-0.3, -0.25) is 0 Å². The van der Waals surface area contributed by atoms with Crippen LogP contribution in [0.3, 0.4) is 0 Å². The highest BCUT2D eigenvalue weighted by molar-refractivity contribution is 9.10. The Morgan fingerprint density at radius 2 is 2.32 bits per heavy atom. The first-order valence-corrected chi connectivity index (χ1v) is 7.87. The molecule has 4 heteroatoms. The van der Waals surface area contributed by atoms with Gasteiger partial charge in [0, 0.05) is 29.3 Å². The number of β-amino-alcohol motifs (C(OH)–C–C–N with tert-alkyl or cyclic N) is 1. The Labute approximate surface area is 124 Å². The molecular weight excluding hydrogens is 304 g/mol. The van der Waals surface area contributed by atoms with Crippen LogP contribution in [-0.4, -0.2) is 30.8 Å². The van der Waals surface area contributed by atoms with E-state index in [-0.39, 0.29) is 6.10 Å². The number of anilines is 1. The molecule has 0 bridgehead atoms. The third-order valence-corrected chi connectivity index (χ3v) is 4.16. The first-order chi connectivity index (χ1) is 9.11. The topological polar surface area (TPSA) is 35.5 Å². The minimum atomic E-state index is -0.189. The van der Waals surface area contributed by atoms with Gasteiger partial charge < -0.3 is 15.3 Å². The lowest BCUT2D eigenvalue weighted by atomic mass is 10.1. The summed E-state index contributed by atoms with van der Waals surface area (Å²) in [6.45, 7) is 7.09. The van der Waals surface area contributed by atoms with Crippen molar-refractivity contribution in [3.8, 4) is 0 Å². The molecule has 3 nitrogen and oxygen atoms in total. The monoisotopic (exact) mass is 326 g/mol. The molecule has 2 unspecified atom stereocenters. The zero-order chi connectivity index (χ0) is 13.8. The van der Waals surface area contributed by atoms with Crippen LogP contribution in [0.1, 0.15) is 38.3 Å². The van der Waals surface area contributed by atoms with Crippen LogP contribution in [-0.2, 0) is 0 Å². The molecule has 0 spiro atoms. The maximum atomic E-state index is 9.73. The molecule has 0 radical (unpaired) electrons. The van der Waals surface area contributed by atoms with Crippen molar-refractivity contribution in [3.05, 3.63) is 28.2 Å². The number of hydrogen-bond acceptors (Lipinski definition) is 3. The fourth-order valence-electron chi connectivity index (χ4n) is 2.59. The van der Waals surface area contributed by atoms with E-state index >= 15 is 0 Å². The Bertz CT molecular complexity index is 425. The van der Waals surface area contributed by atoms with Gasteiger partial charge in [0.25, 0.3) is 0 Å². The maximum Gasteiger partial charge on any atom is 0.0731 e. The standard InChI is InChI=1S/C15H23BrN2O/c1-3-7-17-11(2)14-5-4-12(16)9-15(14)18-8-6-13(19)10-18/h4-5,9,11,13,17,19H,3,6-8,10H2,1-2H3. The molecule has 1 heterocycles. The summed E-state index contributed by atoms with van der Waals surface area (Å²) in [4.78, 5) is 2.29. The summed E-state index contributed by atoms with van der Waals surface area (Å²) < 4.78 is 1.09. The van der Waals surface area contributed by atoms with Gasteiger partial charge in [0.2, 0.25) is 0 Å². The highest BCUT2D eigenvalue weighted by Gasteiger charge is 2.23. The van der Waals surface area contributed by atoms with E-state index in [1.165, 1.54) is 11.3 Å². The molecule has 2 N–H and O–H groups in total. The van der Waals surface area contributed by atoms with Gasteiger partial charge in [-0.25, -0.2) is 0 Å². The zero-order valence-corrected chi connectivity index (χ0v) is 13.3. The molecule has 1 aromatic rings. The van der Waals surface area contributed by atoms with Crippen molar-refractivity contribution in [2.45, 2.75) is 38.8 Å². The largest absolute Gasteiger partial charge is 0.391 e. The molecule has 2 rings (SSSR count). The Hall–Kier alpha value is -0.580. The van der Waals surface area contributed by atoms with Crippen LogP contribution in [0.25, 0.3) is 0 Å².